The Balaban J connectivity index is 1.55. The molecular formula is C22H24Cl2N2O2. The second-order valence-corrected chi connectivity index (χ2v) is 7.77. The van der Waals surface area contributed by atoms with E-state index in [2.05, 4.69) is 16.8 Å². The molecule has 28 heavy (non-hydrogen) atoms. The van der Waals surface area contributed by atoms with Crippen LogP contribution in [-0.2, 0) is 11.3 Å². The largest absolute Gasteiger partial charge is 0.490 e. The highest BCUT2D eigenvalue weighted by atomic mass is 35.5. The van der Waals surface area contributed by atoms with Crippen LogP contribution in [0.5, 0.6) is 5.75 Å². The lowest BCUT2D eigenvalue weighted by atomic mass is 9.96. The molecule has 0 saturated carbocycles. The van der Waals surface area contributed by atoms with Crippen LogP contribution in [0, 0.1) is 5.92 Å². The molecule has 2 aromatic rings. The van der Waals surface area contributed by atoms with Gasteiger partial charge in [-0.25, -0.2) is 0 Å². The van der Waals surface area contributed by atoms with Crippen LogP contribution in [0.4, 0.5) is 5.69 Å². The zero-order chi connectivity index (χ0) is 19.9. The van der Waals surface area contributed by atoms with E-state index in [4.69, 9.17) is 27.9 Å². The number of carbonyl (C=O) groups is 1. The molecule has 1 saturated heterocycles. The number of hydrogen-bond donors (Lipinski definition) is 1. The first kappa shape index (κ1) is 20.7. The average molecular weight is 419 g/mol. The van der Waals surface area contributed by atoms with Crippen LogP contribution < -0.4 is 10.1 Å². The summed E-state index contributed by atoms with van der Waals surface area (Å²) < 4.78 is 5.46. The molecule has 0 spiro atoms. The smallest absolute Gasteiger partial charge is 0.228 e. The molecule has 1 fully saturated rings. The number of ether oxygens (including phenoxy) is 1. The fourth-order valence-corrected chi connectivity index (χ4v) is 3.81. The fourth-order valence-electron chi connectivity index (χ4n) is 3.34. The summed E-state index contributed by atoms with van der Waals surface area (Å²) in [6.45, 7) is 6.47. The van der Waals surface area contributed by atoms with Crippen LogP contribution >= 0.6 is 23.2 Å². The Morgan fingerprint density at radius 3 is 2.75 bits per heavy atom. The van der Waals surface area contributed by atoms with E-state index in [-0.39, 0.29) is 11.8 Å². The molecule has 1 unspecified atom stereocenters. The molecule has 0 aliphatic carbocycles. The van der Waals surface area contributed by atoms with Crippen LogP contribution in [0.1, 0.15) is 18.4 Å². The van der Waals surface area contributed by atoms with Crippen molar-refractivity contribution in [3.63, 3.8) is 0 Å². The number of rotatable bonds is 7. The van der Waals surface area contributed by atoms with Crippen molar-refractivity contribution in [1.29, 1.82) is 0 Å². The van der Waals surface area contributed by atoms with E-state index in [0.29, 0.717) is 23.2 Å². The van der Waals surface area contributed by atoms with E-state index in [0.717, 1.165) is 42.9 Å². The first-order chi connectivity index (χ1) is 13.5. The van der Waals surface area contributed by atoms with Crippen molar-refractivity contribution in [1.82, 2.24) is 4.90 Å². The van der Waals surface area contributed by atoms with Crippen LogP contribution in [0.25, 0.3) is 0 Å². The number of anilines is 1. The SMILES string of the molecule is C=CCOc1ccc(NC(=O)C2CCCN(Cc3ccc(Cl)cc3Cl)C2)cc1. The fraction of sp³-hybridized carbons (Fsp3) is 0.318. The van der Waals surface area contributed by atoms with Crippen LogP contribution in [0.3, 0.4) is 0 Å². The van der Waals surface area contributed by atoms with Crippen molar-refractivity contribution in [2.75, 3.05) is 25.0 Å². The van der Waals surface area contributed by atoms with Crippen LogP contribution in [-0.4, -0.2) is 30.5 Å². The molecule has 0 aromatic heterocycles. The number of nitrogens with zero attached hydrogens (tertiary/aromatic N) is 1. The summed E-state index contributed by atoms with van der Waals surface area (Å²) in [5.74, 6) is 0.754. The quantitative estimate of drug-likeness (QED) is 0.611. The van der Waals surface area contributed by atoms with E-state index in [1.807, 2.05) is 36.4 Å². The Morgan fingerprint density at radius 2 is 2.04 bits per heavy atom. The summed E-state index contributed by atoms with van der Waals surface area (Å²) in [4.78, 5) is 15.0. The maximum absolute atomic E-state index is 12.7. The summed E-state index contributed by atoms with van der Waals surface area (Å²) in [6.07, 6.45) is 3.57. The minimum Gasteiger partial charge on any atom is -0.490 e. The minimum absolute atomic E-state index is 0.0449. The van der Waals surface area contributed by atoms with E-state index in [9.17, 15) is 4.79 Å². The van der Waals surface area contributed by atoms with E-state index < -0.39 is 0 Å². The van der Waals surface area contributed by atoms with Crippen molar-refractivity contribution in [3.05, 3.63) is 70.7 Å². The predicted molar refractivity (Wildman–Crippen MR) is 115 cm³/mol. The Bertz CT molecular complexity index is 824. The summed E-state index contributed by atoms with van der Waals surface area (Å²) in [5, 5.41) is 4.31. The Kier molecular flexibility index (Phi) is 7.37. The molecule has 4 nitrogen and oxygen atoms in total. The average Bonchev–Trinajstić information content (AvgIpc) is 2.70. The van der Waals surface area contributed by atoms with Gasteiger partial charge in [0.15, 0.2) is 0 Å². The molecule has 1 heterocycles. The van der Waals surface area contributed by atoms with Crippen molar-refractivity contribution in [2.45, 2.75) is 19.4 Å². The first-order valence-corrected chi connectivity index (χ1v) is 10.1. The van der Waals surface area contributed by atoms with Gasteiger partial charge in [-0.05, 0) is 61.3 Å². The van der Waals surface area contributed by atoms with Crippen molar-refractivity contribution < 1.29 is 9.53 Å². The molecule has 6 heteroatoms. The van der Waals surface area contributed by atoms with Crippen molar-refractivity contribution >= 4 is 34.8 Å². The van der Waals surface area contributed by atoms with Crippen molar-refractivity contribution in [3.8, 4) is 5.75 Å². The Labute approximate surface area is 176 Å². The molecule has 0 radical (unpaired) electrons. The number of piperidine rings is 1. The zero-order valence-corrected chi connectivity index (χ0v) is 17.2. The van der Waals surface area contributed by atoms with Gasteiger partial charge in [0.05, 0.1) is 5.92 Å². The first-order valence-electron chi connectivity index (χ1n) is 9.36. The van der Waals surface area contributed by atoms with Gasteiger partial charge in [-0.15, -0.1) is 0 Å². The maximum Gasteiger partial charge on any atom is 0.228 e. The predicted octanol–water partition coefficient (Wildman–Crippen LogP) is 5.41. The molecule has 2 aromatic carbocycles. The van der Waals surface area contributed by atoms with Gasteiger partial charge in [0, 0.05) is 28.8 Å². The summed E-state index contributed by atoms with van der Waals surface area (Å²) in [5.41, 5.74) is 1.80. The molecule has 1 N–H and O–H groups in total. The number of amides is 1. The highest BCUT2D eigenvalue weighted by molar-refractivity contribution is 6.35. The second-order valence-electron chi connectivity index (χ2n) is 6.92. The van der Waals surface area contributed by atoms with E-state index in [1.54, 1.807) is 12.1 Å². The molecule has 3 rings (SSSR count). The third-order valence-electron chi connectivity index (χ3n) is 4.78. The topological polar surface area (TPSA) is 41.6 Å². The van der Waals surface area contributed by atoms with E-state index in [1.165, 1.54) is 0 Å². The van der Waals surface area contributed by atoms with Gasteiger partial charge in [0.25, 0.3) is 0 Å². The Hall–Kier alpha value is -2.01. The molecular weight excluding hydrogens is 395 g/mol. The van der Waals surface area contributed by atoms with Crippen LogP contribution in [0.2, 0.25) is 10.0 Å². The standard InChI is InChI=1S/C22H24Cl2N2O2/c1-2-12-28-20-9-7-19(8-10-20)25-22(27)17-4-3-11-26(15-17)14-16-5-6-18(23)13-21(16)24/h2,5-10,13,17H,1,3-4,11-12,14-15H2,(H,25,27). The second kappa shape index (κ2) is 9.97. The number of hydrogen-bond acceptors (Lipinski definition) is 3. The summed E-state index contributed by atoms with van der Waals surface area (Å²) >= 11 is 12.3. The van der Waals surface area contributed by atoms with Gasteiger partial charge in [-0.3, -0.25) is 9.69 Å². The summed E-state index contributed by atoms with van der Waals surface area (Å²) in [7, 11) is 0. The number of carbonyl (C=O) groups excluding carboxylic acids is 1. The number of nitrogens with one attached hydrogen (secondary N) is 1. The highest BCUT2D eigenvalue weighted by Crippen LogP contribution is 2.25. The lowest BCUT2D eigenvalue weighted by Crippen LogP contribution is -2.40. The zero-order valence-electron chi connectivity index (χ0n) is 15.7. The van der Waals surface area contributed by atoms with Gasteiger partial charge < -0.3 is 10.1 Å². The van der Waals surface area contributed by atoms with Crippen LogP contribution in [0.15, 0.2) is 55.1 Å². The third kappa shape index (κ3) is 5.74. The number of benzene rings is 2. The monoisotopic (exact) mass is 418 g/mol. The number of halogens is 2. The molecule has 1 aliphatic heterocycles. The van der Waals surface area contributed by atoms with Crippen molar-refractivity contribution in [2.24, 2.45) is 5.92 Å². The maximum atomic E-state index is 12.7. The molecule has 1 amide bonds. The highest BCUT2D eigenvalue weighted by Gasteiger charge is 2.26. The van der Waals surface area contributed by atoms with Gasteiger partial charge in [0.1, 0.15) is 12.4 Å². The normalized spacial score (nSPS) is 17.1. The Morgan fingerprint density at radius 1 is 1.25 bits per heavy atom. The van der Waals surface area contributed by atoms with Gasteiger partial charge in [-0.2, -0.15) is 0 Å². The van der Waals surface area contributed by atoms with E-state index >= 15 is 0 Å². The van der Waals surface area contributed by atoms with Gasteiger partial charge in [0.2, 0.25) is 5.91 Å². The lowest BCUT2D eigenvalue weighted by Gasteiger charge is -2.32. The summed E-state index contributed by atoms with van der Waals surface area (Å²) in [6, 6.07) is 12.9. The third-order valence-corrected chi connectivity index (χ3v) is 5.36. The molecule has 0 bridgehead atoms. The van der Waals surface area contributed by atoms with Gasteiger partial charge in [-0.1, -0.05) is 41.9 Å². The molecule has 1 atom stereocenters. The molecule has 1 aliphatic rings. The number of likely N-dealkylation sites (tertiary alicyclic amines) is 1. The van der Waals surface area contributed by atoms with Gasteiger partial charge >= 0.3 is 0 Å². The minimum atomic E-state index is -0.0449. The molecule has 148 valence electrons. The lowest BCUT2D eigenvalue weighted by molar-refractivity contribution is -0.121.